The number of hydrogen-bond acceptors (Lipinski definition) is 4. The Hall–Kier alpha value is -1.79. The number of rotatable bonds is 3. The predicted octanol–water partition coefficient (Wildman–Crippen LogP) is 1.79. The number of benzene rings is 1. The Balaban J connectivity index is 1.95. The Kier molecular flexibility index (Phi) is 3.97. The van der Waals surface area contributed by atoms with Crippen molar-refractivity contribution in [3.8, 4) is 0 Å². The summed E-state index contributed by atoms with van der Waals surface area (Å²) in [5, 5.41) is 0. The third-order valence-electron chi connectivity index (χ3n) is 4.10. The molecular weight excluding hydrogens is 298 g/mol. The number of hydrogen-bond donors (Lipinski definition) is 0. The first kappa shape index (κ1) is 15.1. The summed E-state index contributed by atoms with van der Waals surface area (Å²) in [5.74, 6) is 0.744. The van der Waals surface area contributed by atoms with Gasteiger partial charge >= 0.3 is 0 Å². The van der Waals surface area contributed by atoms with Gasteiger partial charge in [-0.2, -0.15) is 0 Å². The van der Waals surface area contributed by atoms with Crippen molar-refractivity contribution in [2.45, 2.75) is 11.8 Å². The molecule has 5 nitrogen and oxygen atoms in total. The molecule has 0 bridgehead atoms. The highest BCUT2D eigenvalue weighted by molar-refractivity contribution is 7.90. The fourth-order valence-corrected chi connectivity index (χ4v) is 4.02. The number of piperazine rings is 1. The van der Waals surface area contributed by atoms with Crippen LogP contribution in [0.2, 0.25) is 0 Å². The average molecular weight is 319 g/mol. The number of anilines is 1. The third kappa shape index (κ3) is 2.76. The van der Waals surface area contributed by atoms with Gasteiger partial charge in [-0.1, -0.05) is 17.7 Å². The molecule has 2 heterocycles. The minimum Gasteiger partial charge on any atom is -0.355 e. The first-order valence-electron chi connectivity index (χ1n) is 7.41. The molecule has 0 saturated carbocycles. The lowest BCUT2D eigenvalue weighted by Gasteiger charge is -2.34. The van der Waals surface area contributed by atoms with Crippen molar-refractivity contribution >= 4 is 15.8 Å². The molecule has 1 fully saturated rings. The molecule has 22 heavy (non-hydrogen) atoms. The molecular formula is C16H21N3O2S. The lowest BCUT2D eigenvalue weighted by Crippen LogP contribution is -2.45. The molecule has 1 aliphatic heterocycles. The van der Waals surface area contributed by atoms with Crippen LogP contribution in [0.4, 0.5) is 5.82 Å². The number of aromatic nitrogens is 1. The van der Waals surface area contributed by atoms with Crippen LogP contribution in [0.15, 0.2) is 47.5 Å². The maximum Gasteiger partial charge on any atom is 0.269 e. The zero-order valence-corrected chi connectivity index (χ0v) is 13.8. The van der Waals surface area contributed by atoms with Crippen LogP contribution >= 0.6 is 0 Å². The molecule has 1 saturated heterocycles. The molecule has 1 aromatic carbocycles. The van der Waals surface area contributed by atoms with E-state index in [9.17, 15) is 8.42 Å². The summed E-state index contributed by atoms with van der Waals surface area (Å²) in [6.07, 6.45) is 1.63. The van der Waals surface area contributed by atoms with Gasteiger partial charge < -0.3 is 9.80 Å². The van der Waals surface area contributed by atoms with Gasteiger partial charge in [0.15, 0.2) is 0 Å². The fourth-order valence-electron chi connectivity index (χ4n) is 2.66. The molecule has 1 aromatic heterocycles. The van der Waals surface area contributed by atoms with Crippen LogP contribution in [-0.4, -0.2) is 50.5 Å². The summed E-state index contributed by atoms with van der Waals surface area (Å²) < 4.78 is 27.1. The second-order valence-electron chi connectivity index (χ2n) is 5.77. The zero-order valence-electron chi connectivity index (χ0n) is 12.9. The van der Waals surface area contributed by atoms with Gasteiger partial charge in [0, 0.05) is 32.4 Å². The summed E-state index contributed by atoms with van der Waals surface area (Å²) in [5.41, 5.74) is 1.05. The molecule has 0 amide bonds. The van der Waals surface area contributed by atoms with E-state index in [0.717, 1.165) is 37.6 Å². The molecule has 2 aromatic rings. The molecule has 0 atom stereocenters. The van der Waals surface area contributed by atoms with Crippen LogP contribution in [0, 0.1) is 6.92 Å². The van der Waals surface area contributed by atoms with E-state index in [-0.39, 0.29) is 0 Å². The molecule has 0 aliphatic carbocycles. The first-order valence-corrected chi connectivity index (χ1v) is 8.85. The van der Waals surface area contributed by atoms with E-state index < -0.39 is 10.0 Å². The maximum atomic E-state index is 12.9. The zero-order chi connectivity index (χ0) is 15.7. The van der Waals surface area contributed by atoms with Gasteiger partial charge in [0.2, 0.25) is 0 Å². The van der Waals surface area contributed by atoms with E-state index in [0.29, 0.717) is 4.90 Å². The lowest BCUT2D eigenvalue weighted by atomic mass is 10.2. The largest absolute Gasteiger partial charge is 0.355 e. The van der Waals surface area contributed by atoms with Gasteiger partial charge in [-0.05, 0) is 38.2 Å². The molecule has 1 aliphatic rings. The van der Waals surface area contributed by atoms with Crippen molar-refractivity contribution in [3.05, 3.63) is 48.2 Å². The lowest BCUT2D eigenvalue weighted by molar-refractivity contribution is 0.312. The van der Waals surface area contributed by atoms with Gasteiger partial charge in [-0.15, -0.1) is 0 Å². The molecule has 0 spiro atoms. The fraction of sp³-hybridized carbons (Fsp3) is 0.375. The van der Waals surface area contributed by atoms with Crippen molar-refractivity contribution in [3.63, 3.8) is 0 Å². The van der Waals surface area contributed by atoms with E-state index in [1.165, 1.54) is 3.97 Å². The van der Waals surface area contributed by atoms with E-state index in [4.69, 9.17) is 0 Å². The molecule has 6 heteroatoms. The number of likely N-dealkylation sites (N-methyl/N-ethyl adjacent to an activating group) is 1. The van der Waals surface area contributed by atoms with Crippen LogP contribution in [0.1, 0.15) is 5.56 Å². The Bertz CT molecular complexity index is 742. The number of aryl methyl sites for hydroxylation is 1. The van der Waals surface area contributed by atoms with Crippen LogP contribution in [0.3, 0.4) is 0 Å². The van der Waals surface area contributed by atoms with E-state index >= 15 is 0 Å². The van der Waals surface area contributed by atoms with Gasteiger partial charge in [0.1, 0.15) is 5.82 Å². The highest BCUT2D eigenvalue weighted by atomic mass is 32.2. The van der Waals surface area contributed by atoms with E-state index in [2.05, 4.69) is 16.8 Å². The maximum absolute atomic E-state index is 12.9. The average Bonchev–Trinajstić information content (AvgIpc) is 2.99. The third-order valence-corrected chi connectivity index (χ3v) is 5.79. The first-order chi connectivity index (χ1) is 10.5. The normalized spacial score (nSPS) is 16.9. The minimum absolute atomic E-state index is 0.324. The SMILES string of the molecule is Cc1ccc(S(=O)(=O)n2cccc2N2CCN(C)CC2)cc1. The Morgan fingerprint density at radius 3 is 2.23 bits per heavy atom. The second kappa shape index (κ2) is 5.78. The summed E-state index contributed by atoms with van der Waals surface area (Å²) in [4.78, 5) is 4.70. The molecule has 0 N–H and O–H groups in total. The summed E-state index contributed by atoms with van der Waals surface area (Å²) in [6, 6.07) is 10.6. The molecule has 0 unspecified atom stereocenters. The monoisotopic (exact) mass is 319 g/mol. The second-order valence-corrected chi connectivity index (χ2v) is 7.59. The Labute approximate surface area is 131 Å². The number of nitrogens with zero attached hydrogens (tertiary/aromatic N) is 3. The summed E-state index contributed by atoms with van der Waals surface area (Å²) in [6.45, 7) is 5.50. The van der Waals surface area contributed by atoms with Gasteiger partial charge in [0.05, 0.1) is 4.90 Å². The molecule has 118 valence electrons. The summed E-state index contributed by atoms with van der Waals surface area (Å²) >= 11 is 0. The van der Waals surface area contributed by atoms with Crippen LogP contribution in [0.5, 0.6) is 0 Å². The highest BCUT2D eigenvalue weighted by Crippen LogP contribution is 2.24. The van der Waals surface area contributed by atoms with Gasteiger partial charge in [-0.25, -0.2) is 12.4 Å². The van der Waals surface area contributed by atoms with Crippen LogP contribution < -0.4 is 4.90 Å². The van der Waals surface area contributed by atoms with E-state index in [1.807, 2.05) is 25.1 Å². The topological polar surface area (TPSA) is 45.6 Å². The van der Waals surface area contributed by atoms with Gasteiger partial charge in [0.25, 0.3) is 10.0 Å². The van der Waals surface area contributed by atoms with Crippen LogP contribution in [0.25, 0.3) is 0 Å². The van der Waals surface area contributed by atoms with Crippen molar-refractivity contribution < 1.29 is 8.42 Å². The van der Waals surface area contributed by atoms with Crippen LogP contribution in [-0.2, 0) is 10.0 Å². The highest BCUT2D eigenvalue weighted by Gasteiger charge is 2.23. The predicted molar refractivity (Wildman–Crippen MR) is 87.9 cm³/mol. The standard InChI is InChI=1S/C16H21N3O2S/c1-14-5-7-15(8-6-14)22(20,21)19-9-3-4-16(19)18-12-10-17(2)11-13-18/h3-9H,10-13H2,1-2H3. The summed E-state index contributed by atoms with van der Waals surface area (Å²) in [7, 11) is -1.46. The quantitative estimate of drug-likeness (QED) is 0.865. The Morgan fingerprint density at radius 1 is 0.955 bits per heavy atom. The smallest absolute Gasteiger partial charge is 0.269 e. The van der Waals surface area contributed by atoms with Crippen molar-refractivity contribution in [2.75, 3.05) is 38.1 Å². The van der Waals surface area contributed by atoms with Crippen molar-refractivity contribution in [2.24, 2.45) is 0 Å². The minimum atomic E-state index is -3.54. The molecule has 3 rings (SSSR count). The Morgan fingerprint density at radius 2 is 1.59 bits per heavy atom. The van der Waals surface area contributed by atoms with E-state index in [1.54, 1.807) is 24.4 Å². The van der Waals surface area contributed by atoms with Gasteiger partial charge in [-0.3, -0.25) is 0 Å². The van der Waals surface area contributed by atoms with Crippen molar-refractivity contribution in [1.82, 2.24) is 8.87 Å². The van der Waals surface area contributed by atoms with Crippen molar-refractivity contribution in [1.29, 1.82) is 0 Å². The molecule has 0 radical (unpaired) electrons.